The molecule has 3 heterocycles. The van der Waals surface area contributed by atoms with Crippen molar-refractivity contribution in [2.75, 3.05) is 13.2 Å². The highest BCUT2D eigenvalue weighted by atomic mass is 32.1. The molecule has 0 bridgehead atoms. The van der Waals surface area contributed by atoms with E-state index >= 15 is 0 Å². The van der Waals surface area contributed by atoms with Crippen LogP contribution in [0.25, 0.3) is 55.5 Å². The van der Waals surface area contributed by atoms with Gasteiger partial charge in [0, 0.05) is 16.5 Å². The Labute approximate surface area is 345 Å². The maximum absolute atomic E-state index is 5.59. The summed E-state index contributed by atoms with van der Waals surface area (Å²) in [7, 11) is 0. The molecular formula is C52H60N2O2S. The lowest BCUT2D eigenvalue weighted by Gasteiger charge is -2.33. The molecule has 0 spiro atoms. The number of benzene rings is 5. The summed E-state index contributed by atoms with van der Waals surface area (Å²) in [4.78, 5) is 0. The fraction of sp³-hybridized carbons (Fsp3) is 0.423. The Morgan fingerprint density at radius 1 is 0.491 bits per heavy atom. The van der Waals surface area contributed by atoms with Crippen LogP contribution in [0.1, 0.15) is 146 Å². The van der Waals surface area contributed by atoms with Gasteiger partial charge in [-0.3, -0.25) is 0 Å². The van der Waals surface area contributed by atoms with Gasteiger partial charge in [0.15, 0.2) is 0 Å². The van der Waals surface area contributed by atoms with Gasteiger partial charge in [-0.05, 0) is 80.6 Å². The van der Waals surface area contributed by atoms with Gasteiger partial charge in [-0.25, -0.2) is 0 Å². The molecule has 4 nitrogen and oxygen atoms in total. The van der Waals surface area contributed by atoms with Crippen molar-refractivity contribution < 1.29 is 9.47 Å². The molecule has 3 aliphatic rings. The summed E-state index contributed by atoms with van der Waals surface area (Å²) < 4.78 is 20.9. The minimum Gasteiger partial charge on any atom is -0.368 e. The van der Waals surface area contributed by atoms with Crippen molar-refractivity contribution in [3.63, 3.8) is 0 Å². The normalized spacial score (nSPS) is 17.3. The molecular weight excluding hydrogens is 717 g/mol. The highest BCUT2D eigenvalue weighted by Gasteiger charge is 2.43. The zero-order valence-electron chi connectivity index (χ0n) is 33.3. The third-order valence-corrected chi connectivity index (χ3v) is 13.4. The second kappa shape index (κ2) is 17.8. The fourth-order valence-corrected chi connectivity index (χ4v) is 10.1. The van der Waals surface area contributed by atoms with Crippen LogP contribution >= 0.6 is 11.7 Å². The van der Waals surface area contributed by atoms with E-state index in [1.807, 2.05) is 0 Å². The highest BCUT2D eigenvalue weighted by Crippen LogP contribution is 2.56. The minimum atomic E-state index is -0.0274. The predicted octanol–water partition coefficient (Wildman–Crippen LogP) is 15.2. The van der Waals surface area contributed by atoms with Crippen LogP contribution in [-0.4, -0.2) is 22.0 Å². The maximum atomic E-state index is 5.59. The molecule has 0 amide bonds. The van der Waals surface area contributed by atoms with Crippen LogP contribution in [0.5, 0.6) is 0 Å². The standard InChI is InChI=1S/C51H56N2O2S.CH4/c1-3-5-7-9-11-13-29-51(30-14-12-10-8-6-4-2)45-31-39(35-15-19-37(20-16-35)47-33-54-47)23-25-43(45)44-26-24-40(32-46(44)51)42-28-27-41(49-50(42)53-56-52-49)36-17-21-38(22-18-36)48-34-55-48;/h15-28,31-32,47-48H,3-14,29-30,33-34H2,1-2H3;1H4. The van der Waals surface area contributed by atoms with Crippen molar-refractivity contribution in [3.8, 4) is 44.5 Å². The first-order valence-electron chi connectivity index (χ1n) is 21.7. The van der Waals surface area contributed by atoms with Crippen LogP contribution < -0.4 is 0 Å². The molecule has 5 aromatic carbocycles. The van der Waals surface area contributed by atoms with Crippen LogP contribution in [0.15, 0.2) is 97.1 Å². The molecule has 2 fully saturated rings. The lowest BCUT2D eigenvalue weighted by Crippen LogP contribution is -2.25. The average molecular weight is 777 g/mol. The second-order valence-corrected chi connectivity index (χ2v) is 17.2. The van der Waals surface area contributed by atoms with E-state index in [1.165, 1.54) is 163 Å². The molecule has 2 saturated heterocycles. The molecule has 2 atom stereocenters. The van der Waals surface area contributed by atoms with E-state index in [4.69, 9.17) is 18.2 Å². The van der Waals surface area contributed by atoms with Crippen LogP contribution in [0.2, 0.25) is 0 Å². The number of epoxide rings is 2. The molecule has 6 aromatic rings. The molecule has 0 N–H and O–H groups in total. The zero-order valence-corrected chi connectivity index (χ0v) is 34.1. The van der Waals surface area contributed by atoms with Crippen molar-refractivity contribution >= 4 is 22.8 Å². The fourth-order valence-electron chi connectivity index (χ4n) is 9.50. The van der Waals surface area contributed by atoms with Crippen LogP contribution in [-0.2, 0) is 14.9 Å². The predicted molar refractivity (Wildman–Crippen MR) is 240 cm³/mol. The molecule has 296 valence electrons. The van der Waals surface area contributed by atoms with Crippen molar-refractivity contribution in [3.05, 3.63) is 119 Å². The third-order valence-electron chi connectivity index (χ3n) is 12.9. The lowest BCUT2D eigenvalue weighted by atomic mass is 9.70. The van der Waals surface area contributed by atoms with Crippen LogP contribution in [0.3, 0.4) is 0 Å². The Hall–Kier alpha value is -4.16. The summed E-state index contributed by atoms with van der Waals surface area (Å²) in [6.45, 7) is 6.30. The Morgan fingerprint density at radius 2 is 0.895 bits per heavy atom. The smallest absolute Gasteiger partial charge is 0.113 e. The topological polar surface area (TPSA) is 50.8 Å². The van der Waals surface area contributed by atoms with Gasteiger partial charge in [-0.15, -0.1) is 0 Å². The first kappa shape index (κ1) is 39.7. The largest absolute Gasteiger partial charge is 0.368 e. The third kappa shape index (κ3) is 8.26. The summed E-state index contributed by atoms with van der Waals surface area (Å²) in [6.07, 6.45) is 18.6. The minimum absolute atomic E-state index is 0. The average Bonchev–Trinajstić information content (AvgIpc) is 4.19. The quantitative estimate of drug-likeness (QED) is 0.0607. The van der Waals surface area contributed by atoms with Gasteiger partial charge in [0.05, 0.1) is 24.9 Å². The summed E-state index contributed by atoms with van der Waals surface area (Å²) in [5.41, 5.74) is 17.7. The number of ether oxygens (including phenoxy) is 2. The van der Waals surface area contributed by atoms with Gasteiger partial charge in [-0.2, -0.15) is 8.75 Å². The number of hydrogen-bond acceptors (Lipinski definition) is 5. The van der Waals surface area contributed by atoms with E-state index < -0.39 is 0 Å². The Bertz CT molecular complexity index is 2250. The van der Waals surface area contributed by atoms with Gasteiger partial charge < -0.3 is 9.47 Å². The molecule has 2 aliphatic heterocycles. The molecule has 9 rings (SSSR count). The number of rotatable bonds is 19. The van der Waals surface area contributed by atoms with Gasteiger partial charge >= 0.3 is 0 Å². The van der Waals surface area contributed by atoms with E-state index in [0.717, 1.165) is 29.8 Å². The van der Waals surface area contributed by atoms with E-state index in [1.54, 1.807) is 0 Å². The number of aromatic nitrogens is 2. The maximum Gasteiger partial charge on any atom is 0.113 e. The molecule has 1 aliphatic carbocycles. The number of hydrogen-bond donors (Lipinski definition) is 0. The van der Waals surface area contributed by atoms with Gasteiger partial charge in [0.1, 0.15) is 23.2 Å². The molecule has 0 radical (unpaired) electrons. The first-order valence-corrected chi connectivity index (χ1v) is 22.4. The number of nitrogens with zero attached hydrogens (tertiary/aromatic N) is 2. The summed E-state index contributed by atoms with van der Waals surface area (Å²) in [6, 6.07) is 37.2. The first-order chi connectivity index (χ1) is 27.7. The molecule has 2 unspecified atom stereocenters. The lowest BCUT2D eigenvalue weighted by molar-refractivity contribution is 0.398. The highest BCUT2D eigenvalue weighted by molar-refractivity contribution is 7.00. The van der Waals surface area contributed by atoms with E-state index in [2.05, 4.69) is 111 Å². The van der Waals surface area contributed by atoms with Crippen molar-refractivity contribution in [1.82, 2.24) is 8.75 Å². The van der Waals surface area contributed by atoms with E-state index in [-0.39, 0.29) is 25.0 Å². The van der Waals surface area contributed by atoms with Crippen LogP contribution in [0, 0.1) is 0 Å². The van der Waals surface area contributed by atoms with E-state index in [9.17, 15) is 0 Å². The summed E-state index contributed by atoms with van der Waals surface area (Å²) >= 11 is 1.32. The SMILES string of the molecule is C.CCCCCCCCC1(CCCCCCCC)c2cc(-c3ccc(C4CO4)cc3)ccc2-c2ccc(-c3ccc(-c4ccc(C5CO5)cc4)c4nsnc34)cc21. The number of fused-ring (bicyclic) bond motifs is 4. The molecule has 5 heteroatoms. The monoisotopic (exact) mass is 776 g/mol. The van der Waals surface area contributed by atoms with Crippen molar-refractivity contribution in [1.29, 1.82) is 0 Å². The van der Waals surface area contributed by atoms with Crippen LogP contribution in [0.4, 0.5) is 0 Å². The summed E-state index contributed by atoms with van der Waals surface area (Å²) in [5, 5.41) is 0. The molecule has 0 saturated carbocycles. The van der Waals surface area contributed by atoms with Gasteiger partial charge in [0.25, 0.3) is 0 Å². The Morgan fingerprint density at radius 3 is 1.40 bits per heavy atom. The van der Waals surface area contributed by atoms with Gasteiger partial charge in [0.2, 0.25) is 0 Å². The van der Waals surface area contributed by atoms with Gasteiger partial charge in [-0.1, -0.05) is 183 Å². The molecule has 1 aromatic heterocycles. The second-order valence-electron chi connectivity index (χ2n) is 16.6. The van der Waals surface area contributed by atoms with Crippen molar-refractivity contribution in [2.24, 2.45) is 0 Å². The Kier molecular flexibility index (Phi) is 12.4. The summed E-state index contributed by atoms with van der Waals surface area (Å²) in [5.74, 6) is 0. The molecule has 57 heavy (non-hydrogen) atoms. The Balaban J connectivity index is 0.00000455. The number of unbranched alkanes of at least 4 members (excludes halogenated alkanes) is 10. The zero-order chi connectivity index (χ0) is 37.9. The van der Waals surface area contributed by atoms with Crippen molar-refractivity contribution in [2.45, 2.75) is 129 Å². The van der Waals surface area contributed by atoms with E-state index in [0.29, 0.717) is 0 Å².